The number of ether oxygens (including phenoxy) is 2. The normalized spacial score (nSPS) is 13.5. The molecule has 1 aliphatic rings. The second-order valence-electron chi connectivity index (χ2n) is 6.94. The Bertz CT molecular complexity index is 916. The second kappa shape index (κ2) is 9.09. The van der Waals surface area contributed by atoms with Crippen molar-refractivity contribution in [1.82, 2.24) is 0 Å². The van der Waals surface area contributed by atoms with Crippen LogP contribution in [0.5, 0.6) is 5.75 Å². The van der Waals surface area contributed by atoms with Crippen LogP contribution >= 0.6 is 11.6 Å². The summed E-state index contributed by atoms with van der Waals surface area (Å²) in [6.07, 6.45) is 1.39. The van der Waals surface area contributed by atoms with Gasteiger partial charge in [-0.05, 0) is 67.8 Å². The number of aryl methyl sites for hydroxylation is 2. The van der Waals surface area contributed by atoms with Crippen LogP contribution < -0.4 is 9.64 Å². The fourth-order valence-electron chi connectivity index (χ4n) is 3.28. The van der Waals surface area contributed by atoms with E-state index in [9.17, 15) is 14.4 Å². The highest BCUT2D eigenvalue weighted by Gasteiger charge is 2.21. The first-order valence-electron chi connectivity index (χ1n) is 9.34. The number of halogens is 1. The molecule has 0 N–H and O–H groups in total. The maximum Gasteiger partial charge on any atom is 0.344 e. The van der Waals surface area contributed by atoms with E-state index in [1.54, 1.807) is 41.3 Å². The van der Waals surface area contributed by atoms with Gasteiger partial charge in [-0.2, -0.15) is 0 Å². The Morgan fingerprint density at radius 3 is 2.31 bits per heavy atom. The van der Waals surface area contributed by atoms with Gasteiger partial charge in [0.25, 0.3) is 0 Å². The first-order chi connectivity index (χ1) is 13.8. The number of esters is 1. The smallest absolute Gasteiger partial charge is 0.344 e. The Hall–Kier alpha value is -2.86. The molecule has 0 aromatic heterocycles. The Labute approximate surface area is 174 Å². The van der Waals surface area contributed by atoms with Crippen LogP contribution in [0, 0.1) is 13.8 Å². The van der Waals surface area contributed by atoms with E-state index < -0.39 is 5.97 Å². The van der Waals surface area contributed by atoms with Gasteiger partial charge in [0.1, 0.15) is 5.75 Å². The number of ketones is 1. The number of anilines is 1. The van der Waals surface area contributed by atoms with Gasteiger partial charge >= 0.3 is 5.97 Å². The van der Waals surface area contributed by atoms with Gasteiger partial charge in [0.2, 0.25) is 5.91 Å². The molecule has 0 saturated carbocycles. The van der Waals surface area contributed by atoms with E-state index in [1.165, 1.54) is 0 Å². The van der Waals surface area contributed by atoms with Crippen molar-refractivity contribution in [2.75, 3.05) is 24.7 Å². The van der Waals surface area contributed by atoms with E-state index in [0.717, 1.165) is 23.2 Å². The fourth-order valence-corrected chi connectivity index (χ4v) is 3.60. The lowest BCUT2D eigenvalue weighted by Gasteiger charge is -2.15. The van der Waals surface area contributed by atoms with Gasteiger partial charge in [-0.3, -0.25) is 9.59 Å². The van der Waals surface area contributed by atoms with E-state index in [2.05, 4.69) is 0 Å². The number of amides is 1. The minimum Gasteiger partial charge on any atom is -0.481 e. The van der Waals surface area contributed by atoms with Crippen LogP contribution in [-0.2, 0) is 14.3 Å². The summed E-state index contributed by atoms with van der Waals surface area (Å²) in [4.78, 5) is 37.7. The molecule has 1 saturated heterocycles. The van der Waals surface area contributed by atoms with Gasteiger partial charge in [0, 0.05) is 29.2 Å². The molecule has 1 fully saturated rings. The Morgan fingerprint density at radius 1 is 1.07 bits per heavy atom. The number of hydrogen-bond acceptors (Lipinski definition) is 5. The fraction of sp³-hybridized carbons (Fsp3) is 0.318. The molecule has 152 valence electrons. The summed E-state index contributed by atoms with van der Waals surface area (Å²) in [7, 11) is 0. The van der Waals surface area contributed by atoms with E-state index in [4.69, 9.17) is 21.1 Å². The van der Waals surface area contributed by atoms with Gasteiger partial charge in [-0.25, -0.2) is 4.79 Å². The standard InChI is InChI=1S/C22H22ClNO5/c1-14-10-17(23)11-15(2)22(14)29-13-21(27)28-12-19(25)16-5-7-18(8-6-16)24-9-3-4-20(24)26/h5-8,10-11H,3-4,9,12-13H2,1-2H3. The maximum atomic E-state index is 12.3. The first-order valence-corrected chi connectivity index (χ1v) is 9.72. The number of benzene rings is 2. The number of rotatable bonds is 7. The molecule has 0 radical (unpaired) electrons. The molecule has 29 heavy (non-hydrogen) atoms. The van der Waals surface area contributed by atoms with E-state index >= 15 is 0 Å². The van der Waals surface area contributed by atoms with Crippen molar-refractivity contribution in [3.05, 3.63) is 58.1 Å². The van der Waals surface area contributed by atoms with Crippen LogP contribution in [-0.4, -0.2) is 37.4 Å². The summed E-state index contributed by atoms with van der Waals surface area (Å²) >= 11 is 5.98. The van der Waals surface area contributed by atoms with Crippen molar-refractivity contribution in [2.24, 2.45) is 0 Å². The van der Waals surface area contributed by atoms with Crippen molar-refractivity contribution in [3.8, 4) is 5.75 Å². The molecule has 1 heterocycles. The summed E-state index contributed by atoms with van der Waals surface area (Å²) in [5.41, 5.74) is 2.81. The van der Waals surface area contributed by atoms with Crippen molar-refractivity contribution >= 4 is 34.9 Å². The van der Waals surface area contributed by atoms with Crippen LogP contribution in [0.15, 0.2) is 36.4 Å². The SMILES string of the molecule is Cc1cc(Cl)cc(C)c1OCC(=O)OCC(=O)c1ccc(N2CCCC2=O)cc1. The molecule has 1 amide bonds. The summed E-state index contributed by atoms with van der Waals surface area (Å²) in [6.45, 7) is 3.69. The predicted molar refractivity (Wildman–Crippen MR) is 110 cm³/mol. The number of hydrogen-bond donors (Lipinski definition) is 0. The molecular weight excluding hydrogens is 394 g/mol. The summed E-state index contributed by atoms with van der Waals surface area (Å²) in [5.74, 6) is -0.295. The first kappa shape index (κ1) is 20.9. The van der Waals surface area contributed by atoms with E-state index in [-0.39, 0.29) is 24.9 Å². The molecule has 1 aliphatic heterocycles. The Balaban J connectivity index is 1.50. The number of carbonyl (C=O) groups is 3. The molecule has 2 aromatic carbocycles. The average molecular weight is 416 g/mol. The van der Waals surface area contributed by atoms with Crippen molar-refractivity contribution in [3.63, 3.8) is 0 Å². The third kappa shape index (κ3) is 5.15. The number of carbonyl (C=O) groups excluding carboxylic acids is 3. The van der Waals surface area contributed by atoms with Crippen LogP contribution in [0.3, 0.4) is 0 Å². The van der Waals surface area contributed by atoms with Crippen molar-refractivity contribution < 1.29 is 23.9 Å². The molecule has 7 heteroatoms. The zero-order chi connectivity index (χ0) is 21.0. The summed E-state index contributed by atoms with van der Waals surface area (Å²) < 4.78 is 10.5. The minimum atomic E-state index is -0.633. The van der Waals surface area contributed by atoms with Gasteiger partial charge in [-0.1, -0.05) is 11.6 Å². The lowest BCUT2D eigenvalue weighted by molar-refractivity contribution is -0.144. The highest BCUT2D eigenvalue weighted by atomic mass is 35.5. The van der Waals surface area contributed by atoms with Gasteiger partial charge < -0.3 is 14.4 Å². The zero-order valence-electron chi connectivity index (χ0n) is 16.4. The highest BCUT2D eigenvalue weighted by molar-refractivity contribution is 6.30. The quantitative estimate of drug-likeness (QED) is 0.506. The summed E-state index contributed by atoms with van der Waals surface area (Å²) in [6, 6.07) is 10.2. The molecule has 2 aromatic rings. The molecule has 0 spiro atoms. The zero-order valence-corrected chi connectivity index (χ0v) is 17.1. The van der Waals surface area contributed by atoms with Gasteiger partial charge in [-0.15, -0.1) is 0 Å². The average Bonchev–Trinajstić information content (AvgIpc) is 3.11. The van der Waals surface area contributed by atoms with Crippen molar-refractivity contribution in [2.45, 2.75) is 26.7 Å². The third-order valence-electron chi connectivity index (χ3n) is 4.70. The van der Waals surface area contributed by atoms with E-state index in [0.29, 0.717) is 29.3 Å². The largest absolute Gasteiger partial charge is 0.481 e. The van der Waals surface area contributed by atoms with Gasteiger partial charge in [0.05, 0.1) is 0 Å². The lowest BCUT2D eigenvalue weighted by atomic mass is 10.1. The van der Waals surface area contributed by atoms with Crippen LogP contribution in [0.25, 0.3) is 0 Å². The molecule has 0 atom stereocenters. The maximum absolute atomic E-state index is 12.3. The highest BCUT2D eigenvalue weighted by Crippen LogP contribution is 2.27. The van der Waals surface area contributed by atoms with Crippen LogP contribution in [0.2, 0.25) is 5.02 Å². The second-order valence-corrected chi connectivity index (χ2v) is 7.37. The molecule has 0 unspecified atom stereocenters. The molecule has 6 nitrogen and oxygen atoms in total. The molecular formula is C22H22ClNO5. The Morgan fingerprint density at radius 2 is 1.72 bits per heavy atom. The van der Waals surface area contributed by atoms with Crippen LogP contribution in [0.4, 0.5) is 5.69 Å². The van der Waals surface area contributed by atoms with Crippen LogP contribution in [0.1, 0.15) is 34.3 Å². The molecule has 0 aliphatic carbocycles. The number of nitrogens with zero attached hydrogens (tertiary/aromatic N) is 1. The summed E-state index contributed by atoms with van der Waals surface area (Å²) in [5, 5.41) is 0.598. The van der Waals surface area contributed by atoms with Crippen molar-refractivity contribution in [1.29, 1.82) is 0 Å². The minimum absolute atomic E-state index is 0.0872. The number of Topliss-reactive ketones (excluding diaryl/α,β-unsaturated/α-hetero) is 1. The molecule has 3 rings (SSSR count). The molecule has 0 bridgehead atoms. The Kier molecular flexibility index (Phi) is 6.54. The third-order valence-corrected chi connectivity index (χ3v) is 4.92. The van der Waals surface area contributed by atoms with E-state index in [1.807, 2.05) is 13.8 Å². The topological polar surface area (TPSA) is 72.9 Å². The lowest BCUT2D eigenvalue weighted by Crippen LogP contribution is -2.23. The predicted octanol–water partition coefficient (Wildman–Crippen LogP) is 3.89. The van der Waals surface area contributed by atoms with Gasteiger partial charge in [0.15, 0.2) is 19.0 Å². The monoisotopic (exact) mass is 415 g/mol.